The lowest BCUT2D eigenvalue weighted by molar-refractivity contribution is -0.910. The fourth-order valence-electron chi connectivity index (χ4n) is 3.39. The lowest BCUT2D eigenvalue weighted by Gasteiger charge is -2.22. The van der Waals surface area contributed by atoms with Crippen molar-refractivity contribution >= 4 is 32.9 Å². The number of halogens is 3. The van der Waals surface area contributed by atoms with Gasteiger partial charge in [0, 0.05) is 12.3 Å². The van der Waals surface area contributed by atoms with E-state index in [1.807, 2.05) is 18.2 Å². The van der Waals surface area contributed by atoms with Crippen LogP contribution in [0.3, 0.4) is 0 Å². The number of quaternary nitrogens is 1. The van der Waals surface area contributed by atoms with Crippen LogP contribution >= 0.6 is 0 Å². The Balaban J connectivity index is 0.000000454. The Morgan fingerprint density at radius 1 is 1.19 bits per heavy atom. The summed E-state index contributed by atoms with van der Waals surface area (Å²) in [5.41, 5.74) is 2.15. The fourth-order valence-corrected chi connectivity index (χ4v) is 4.80. The number of amides is 1. The summed E-state index contributed by atoms with van der Waals surface area (Å²) in [6, 6.07) is 9.02. The van der Waals surface area contributed by atoms with Crippen LogP contribution in [0.4, 0.5) is 18.9 Å². The zero-order valence-corrected chi connectivity index (χ0v) is 19.7. The number of hydrogen-bond acceptors (Lipinski definition) is 8. The Kier molecular flexibility index (Phi) is 8.14. The van der Waals surface area contributed by atoms with Crippen LogP contribution in [0.5, 0.6) is 5.88 Å². The maximum Gasteiger partial charge on any atom is 0.430 e. The third kappa shape index (κ3) is 6.91. The summed E-state index contributed by atoms with van der Waals surface area (Å²) in [7, 11) is -1.40. The molecule has 2 N–H and O–H groups in total. The second kappa shape index (κ2) is 10.9. The largest absolute Gasteiger partial charge is 0.542 e. The first kappa shape index (κ1) is 26.9. The molecule has 0 aromatic carbocycles. The predicted octanol–water partition coefficient (Wildman–Crippen LogP) is -0.898. The van der Waals surface area contributed by atoms with Gasteiger partial charge in [-0.05, 0) is 18.2 Å². The number of imidazole rings is 1. The summed E-state index contributed by atoms with van der Waals surface area (Å²) >= 11 is 0. The second-order valence-corrected chi connectivity index (χ2v) is 10.0. The van der Waals surface area contributed by atoms with Gasteiger partial charge in [-0.15, -0.1) is 0 Å². The van der Waals surface area contributed by atoms with Crippen molar-refractivity contribution in [1.82, 2.24) is 14.4 Å². The van der Waals surface area contributed by atoms with Gasteiger partial charge in [-0.1, -0.05) is 6.07 Å². The van der Waals surface area contributed by atoms with Gasteiger partial charge in [0.25, 0.3) is 5.91 Å². The van der Waals surface area contributed by atoms with Crippen LogP contribution in [0, 0.1) is 0 Å². The van der Waals surface area contributed by atoms with Crippen LogP contribution in [0.25, 0.3) is 5.52 Å². The molecule has 0 spiro atoms. The first-order valence-corrected chi connectivity index (χ1v) is 12.3. The summed E-state index contributed by atoms with van der Waals surface area (Å²) in [6.45, 7) is 1.67. The number of carboxylic acids is 1. The van der Waals surface area contributed by atoms with E-state index in [-0.39, 0.29) is 23.2 Å². The van der Waals surface area contributed by atoms with Crippen molar-refractivity contribution < 1.29 is 45.9 Å². The van der Waals surface area contributed by atoms with E-state index in [9.17, 15) is 26.4 Å². The maximum atomic E-state index is 12.8. The third-order valence-corrected chi connectivity index (χ3v) is 6.87. The minimum Gasteiger partial charge on any atom is -0.542 e. The lowest BCUT2D eigenvalue weighted by atomic mass is 10.3. The first-order valence-electron chi connectivity index (χ1n) is 10.5. The summed E-state index contributed by atoms with van der Waals surface area (Å²) < 4.78 is 61.7. The monoisotopic (exact) mass is 529 g/mol. The van der Waals surface area contributed by atoms with Gasteiger partial charge in [0.1, 0.15) is 18.2 Å². The van der Waals surface area contributed by atoms with Gasteiger partial charge in [0.05, 0.1) is 49.1 Å². The molecule has 0 saturated carbocycles. The number of methoxy groups -OCH3 is 1. The van der Waals surface area contributed by atoms with Crippen molar-refractivity contribution in [3.05, 3.63) is 54.2 Å². The summed E-state index contributed by atoms with van der Waals surface area (Å²) in [6.07, 6.45) is -1.88. The quantitative estimate of drug-likeness (QED) is 0.432. The number of pyridine rings is 2. The molecule has 1 amide bonds. The number of sulfone groups is 1. The molecule has 11 nitrogen and oxygen atoms in total. The molecule has 0 radical (unpaired) electrons. The molecule has 0 bridgehead atoms. The van der Waals surface area contributed by atoms with Crippen molar-refractivity contribution in [3.8, 4) is 5.88 Å². The smallest absolute Gasteiger partial charge is 0.430 e. The molecule has 3 aromatic rings. The van der Waals surface area contributed by atoms with E-state index in [1.54, 1.807) is 22.7 Å². The second-order valence-electron chi connectivity index (χ2n) is 7.75. The molecule has 36 heavy (non-hydrogen) atoms. The number of anilines is 1. The van der Waals surface area contributed by atoms with Crippen LogP contribution in [0.1, 0.15) is 16.3 Å². The maximum absolute atomic E-state index is 12.8. The molecule has 4 rings (SSSR count). The van der Waals surface area contributed by atoms with Crippen LogP contribution in [0.15, 0.2) is 42.7 Å². The van der Waals surface area contributed by atoms with Crippen LogP contribution in [-0.2, 0) is 21.2 Å². The van der Waals surface area contributed by atoms with Gasteiger partial charge >= 0.3 is 6.18 Å². The number of carboxylic acid groups (broad SMARTS) is 1. The van der Waals surface area contributed by atoms with Crippen molar-refractivity contribution in [2.75, 3.05) is 37.0 Å². The van der Waals surface area contributed by atoms with E-state index in [0.717, 1.165) is 16.1 Å². The molecule has 1 fully saturated rings. The molecule has 3 aromatic heterocycles. The highest BCUT2D eigenvalue weighted by Gasteiger charge is 2.29. The number of hydrogen-bond donors (Lipinski definition) is 2. The summed E-state index contributed by atoms with van der Waals surface area (Å²) in [4.78, 5) is 31.4. The zero-order chi connectivity index (χ0) is 26.5. The molecule has 0 unspecified atom stereocenters. The van der Waals surface area contributed by atoms with Crippen molar-refractivity contribution in [2.45, 2.75) is 12.7 Å². The van der Waals surface area contributed by atoms with E-state index in [4.69, 9.17) is 14.6 Å². The number of rotatable bonds is 5. The molecule has 0 aliphatic carbocycles. The van der Waals surface area contributed by atoms with Gasteiger partial charge in [-0.25, -0.2) is 18.4 Å². The number of fused-ring (bicyclic) bond motifs is 1. The SMILES string of the molecule is COc1ccc(NC(=O)c2nc(C[NH+]3CCS(=O)(=O)CC3)c3ccccn23)cn1.O=C([O-])C(F)(F)F. The average Bonchev–Trinajstić information content (AvgIpc) is 3.19. The van der Waals surface area contributed by atoms with Gasteiger partial charge in [0.2, 0.25) is 11.7 Å². The molecule has 1 aliphatic rings. The van der Waals surface area contributed by atoms with E-state index < -0.39 is 22.0 Å². The molecule has 4 heterocycles. The molecule has 0 atom stereocenters. The van der Waals surface area contributed by atoms with Crippen LogP contribution < -0.4 is 20.1 Å². The summed E-state index contributed by atoms with van der Waals surface area (Å²) in [5.74, 6) is -2.25. The Morgan fingerprint density at radius 2 is 1.86 bits per heavy atom. The zero-order valence-electron chi connectivity index (χ0n) is 18.9. The lowest BCUT2D eigenvalue weighted by Crippen LogP contribution is -3.13. The van der Waals surface area contributed by atoms with E-state index in [1.165, 1.54) is 13.3 Å². The highest BCUT2D eigenvalue weighted by molar-refractivity contribution is 7.91. The van der Waals surface area contributed by atoms with Gasteiger partial charge in [-0.3, -0.25) is 9.20 Å². The minimum absolute atomic E-state index is 0.186. The standard InChI is InChI=1S/C19H21N5O4S.C2HF3O2/c1-28-17-6-5-14(12-20-17)21-19(25)18-22-15(16-4-2-3-7-24(16)18)13-23-8-10-29(26,27)11-9-23;3-2(4,5)1(6)7/h2-7,12H,8-11,13H2,1H3,(H,21,25);(H,6,7). The van der Waals surface area contributed by atoms with Gasteiger partial charge in [0.15, 0.2) is 9.84 Å². The molecular weight excluding hydrogens is 507 g/mol. The number of aliphatic carboxylic acids is 1. The van der Waals surface area contributed by atoms with Crippen molar-refractivity contribution in [2.24, 2.45) is 0 Å². The Labute approximate surface area is 203 Å². The van der Waals surface area contributed by atoms with Crippen LogP contribution in [0.2, 0.25) is 0 Å². The van der Waals surface area contributed by atoms with E-state index in [2.05, 4.69) is 15.3 Å². The van der Waals surface area contributed by atoms with E-state index >= 15 is 0 Å². The predicted molar refractivity (Wildman–Crippen MR) is 118 cm³/mol. The van der Waals surface area contributed by atoms with Crippen LogP contribution in [-0.4, -0.2) is 72.5 Å². The molecule has 194 valence electrons. The minimum atomic E-state index is -5.19. The number of nitrogens with zero attached hydrogens (tertiary/aromatic N) is 3. The number of carbonyl (C=O) groups excluding carboxylic acids is 2. The topological polar surface area (TPSA) is 147 Å². The fraction of sp³-hybridized carbons (Fsp3) is 0.333. The average molecular weight is 529 g/mol. The highest BCUT2D eigenvalue weighted by Crippen LogP contribution is 2.16. The number of carbonyl (C=O) groups is 2. The highest BCUT2D eigenvalue weighted by atomic mass is 32.2. The number of aromatic nitrogens is 3. The number of ether oxygens (including phenoxy) is 1. The molecule has 1 aliphatic heterocycles. The molecular formula is C21H22F3N5O6S. The van der Waals surface area contributed by atoms with Gasteiger partial charge < -0.3 is 24.9 Å². The van der Waals surface area contributed by atoms with Crippen molar-refractivity contribution in [1.29, 1.82) is 0 Å². The van der Waals surface area contributed by atoms with Crippen molar-refractivity contribution in [3.63, 3.8) is 0 Å². The van der Waals surface area contributed by atoms with Gasteiger partial charge in [-0.2, -0.15) is 13.2 Å². The normalized spacial score (nSPS) is 15.6. The number of nitrogens with one attached hydrogen (secondary N) is 2. The first-order chi connectivity index (χ1) is 16.9. The summed E-state index contributed by atoms with van der Waals surface area (Å²) in [5, 5.41) is 11.6. The molecule has 15 heteroatoms. The van der Waals surface area contributed by atoms with E-state index in [0.29, 0.717) is 31.2 Å². The Bertz CT molecular complexity index is 1330. The number of alkyl halides is 3. The Morgan fingerprint density at radius 3 is 2.42 bits per heavy atom. The third-order valence-electron chi connectivity index (χ3n) is 5.21. The Hall–Kier alpha value is -3.72. The molecule has 1 saturated heterocycles.